The molecule has 1 aromatic heterocycles. The van der Waals surface area contributed by atoms with Crippen LogP contribution in [0.1, 0.15) is 5.56 Å². The predicted octanol–water partition coefficient (Wildman–Crippen LogP) is 4.60. The van der Waals surface area contributed by atoms with Gasteiger partial charge in [0.2, 0.25) is 5.28 Å². The highest BCUT2D eigenvalue weighted by atomic mass is 79.9. The standard InChI is InChI=1S/C11H8BrCl2N3/c1-6-2-3-9(7(12)4-6)16-10-8(13)5-15-11(14)17-10/h2-5H,1H3,(H,15,16,17). The van der Waals surface area contributed by atoms with E-state index in [0.29, 0.717) is 10.8 Å². The molecule has 88 valence electrons. The Kier molecular flexibility index (Phi) is 3.86. The zero-order chi connectivity index (χ0) is 12.4. The van der Waals surface area contributed by atoms with Crippen LogP contribution in [-0.4, -0.2) is 9.97 Å². The van der Waals surface area contributed by atoms with Crippen LogP contribution in [-0.2, 0) is 0 Å². The van der Waals surface area contributed by atoms with Crippen molar-refractivity contribution in [3.8, 4) is 0 Å². The quantitative estimate of drug-likeness (QED) is 0.817. The second-order valence-corrected chi connectivity index (χ2v) is 5.04. The third-order valence-electron chi connectivity index (χ3n) is 2.09. The molecule has 0 radical (unpaired) electrons. The first-order valence-corrected chi connectivity index (χ1v) is 6.32. The molecule has 1 aromatic carbocycles. The molecule has 0 fully saturated rings. The van der Waals surface area contributed by atoms with Crippen molar-refractivity contribution >= 4 is 50.6 Å². The van der Waals surface area contributed by atoms with E-state index in [9.17, 15) is 0 Å². The molecule has 17 heavy (non-hydrogen) atoms. The van der Waals surface area contributed by atoms with Crippen LogP contribution in [0.5, 0.6) is 0 Å². The van der Waals surface area contributed by atoms with Gasteiger partial charge in [-0.1, -0.05) is 17.7 Å². The molecule has 0 spiro atoms. The third-order valence-corrected chi connectivity index (χ3v) is 3.21. The summed E-state index contributed by atoms with van der Waals surface area (Å²) in [6, 6.07) is 5.93. The van der Waals surface area contributed by atoms with Gasteiger partial charge in [0.15, 0.2) is 5.82 Å². The molecule has 2 rings (SSSR count). The molecule has 1 N–H and O–H groups in total. The third kappa shape index (κ3) is 3.09. The van der Waals surface area contributed by atoms with Gasteiger partial charge >= 0.3 is 0 Å². The summed E-state index contributed by atoms with van der Waals surface area (Å²) in [5.41, 5.74) is 2.03. The fraction of sp³-hybridized carbons (Fsp3) is 0.0909. The number of aryl methyl sites for hydroxylation is 1. The summed E-state index contributed by atoms with van der Waals surface area (Å²) >= 11 is 15.1. The Morgan fingerprint density at radius 3 is 2.76 bits per heavy atom. The summed E-state index contributed by atoms with van der Waals surface area (Å²) in [7, 11) is 0. The Labute approximate surface area is 117 Å². The van der Waals surface area contributed by atoms with Crippen LogP contribution in [0, 0.1) is 6.92 Å². The van der Waals surface area contributed by atoms with E-state index in [4.69, 9.17) is 23.2 Å². The number of anilines is 2. The first-order valence-electron chi connectivity index (χ1n) is 4.77. The summed E-state index contributed by atoms with van der Waals surface area (Å²) in [5, 5.41) is 3.67. The second kappa shape index (κ2) is 5.21. The number of hydrogen-bond donors (Lipinski definition) is 1. The smallest absolute Gasteiger partial charge is 0.224 e. The number of halogens is 3. The molecule has 6 heteroatoms. The number of hydrogen-bond acceptors (Lipinski definition) is 3. The normalized spacial score (nSPS) is 10.4. The maximum absolute atomic E-state index is 5.97. The SMILES string of the molecule is Cc1ccc(Nc2nc(Cl)ncc2Cl)c(Br)c1. The summed E-state index contributed by atoms with van der Waals surface area (Å²) in [6.45, 7) is 2.02. The summed E-state index contributed by atoms with van der Waals surface area (Å²) in [6.07, 6.45) is 1.46. The average molecular weight is 333 g/mol. The zero-order valence-electron chi connectivity index (χ0n) is 8.84. The van der Waals surface area contributed by atoms with Crippen LogP contribution in [0.3, 0.4) is 0 Å². The van der Waals surface area contributed by atoms with Gasteiger partial charge in [-0.2, -0.15) is 4.98 Å². The van der Waals surface area contributed by atoms with Crippen LogP contribution in [0.25, 0.3) is 0 Å². The van der Waals surface area contributed by atoms with Gasteiger partial charge < -0.3 is 5.32 Å². The minimum Gasteiger partial charge on any atom is -0.338 e. The largest absolute Gasteiger partial charge is 0.338 e. The highest BCUT2D eigenvalue weighted by Crippen LogP contribution is 2.29. The zero-order valence-corrected chi connectivity index (χ0v) is 11.9. The molecule has 0 atom stereocenters. The number of rotatable bonds is 2. The van der Waals surface area contributed by atoms with Crippen LogP contribution < -0.4 is 5.32 Å². The molecule has 0 aliphatic carbocycles. The van der Waals surface area contributed by atoms with Crippen molar-refractivity contribution in [2.75, 3.05) is 5.32 Å². The van der Waals surface area contributed by atoms with Crippen LogP contribution in [0.15, 0.2) is 28.9 Å². The fourth-order valence-electron chi connectivity index (χ4n) is 1.28. The van der Waals surface area contributed by atoms with E-state index in [1.807, 2.05) is 25.1 Å². The summed E-state index contributed by atoms with van der Waals surface area (Å²) < 4.78 is 0.934. The molecule has 0 saturated heterocycles. The van der Waals surface area contributed by atoms with E-state index in [0.717, 1.165) is 15.7 Å². The van der Waals surface area contributed by atoms with E-state index >= 15 is 0 Å². The molecular formula is C11H8BrCl2N3. The Balaban J connectivity index is 2.34. The number of benzene rings is 1. The molecule has 3 nitrogen and oxygen atoms in total. The lowest BCUT2D eigenvalue weighted by Gasteiger charge is -2.09. The van der Waals surface area contributed by atoms with E-state index in [1.54, 1.807) is 0 Å². The lowest BCUT2D eigenvalue weighted by atomic mass is 10.2. The van der Waals surface area contributed by atoms with E-state index in [1.165, 1.54) is 6.20 Å². The Hall–Kier alpha value is -0.840. The van der Waals surface area contributed by atoms with Gasteiger partial charge in [0.05, 0.1) is 11.9 Å². The van der Waals surface area contributed by atoms with Crippen molar-refractivity contribution in [3.05, 3.63) is 44.7 Å². The van der Waals surface area contributed by atoms with Gasteiger partial charge in [-0.25, -0.2) is 4.98 Å². The van der Waals surface area contributed by atoms with E-state index < -0.39 is 0 Å². The van der Waals surface area contributed by atoms with Gasteiger partial charge in [0, 0.05) is 4.47 Å². The topological polar surface area (TPSA) is 37.8 Å². The van der Waals surface area contributed by atoms with Crippen LogP contribution in [0.2, 0.25) is 10.3 Å². The van der Waals surface area contributed by atoms with Gasteiger partial charge in [-0.05, 0) is 52.2 Å². The molecule has 0 amide bonds. The molecule has 0 bridgehead atoms. The molecule has 0 unspecified atom stereocenters. The monoisotopic (exact) mass is 331 g/mol. The molecule has 2 aromatic rings. The van der Waals surface area contributed by atoms with Crippen molar-refractivity contribution in [3.63, 3.8) is 0 Å². The van der Waals surface area contributed by atoms with Gasteiger partial charge in [-0.15, -0.1) is 0 Å². The number of aromatic nitrogens is 2. The molecule has 0 aliphatic heterocycles. The highest BCUT2D eigenvalue weighted by Gasteiger charge is 2.06. The van der Waals surface area contributed by atoms with Gasteiger partial charge in [0.25, 0.3) is 0 Å². The lowest BCUT2D eigenvalue weighted by molar-refractivity contribution is 1.17. The second-order valence-electron chi connectivity index (χ2n) is 3.44. The molecular weight excluding hydrogens is 325 g/mol. The first-order chi connectivity index (χ1) is 8.06. The van der Waals surface area contributed by atoms with Crippen LogP contribution >= 0.6 is 39.1 Å². The van der Waals surface area contributed by atoms with Crippen molar-refractivity contribution in [2.45, 2.75) is 6.92 Å². The average Bonchev–Trinajstić information content (AvgIpc) is 2.27. The van der Waals surface area contributed by atoms with Crippen molar-refractivity contribution in [1.29, 1.82) is 0 Å². The first kappa shape index (κ1) is 12.6. The predicted molar refractivity (Wildman–Crippen MR) is 74.2 cm³/mol. The fourth-order valence-corrected chi connectivity index (χ4v) is 2.15. The maximum Gasteiger partial charge on any atom is 0.224 e. The minimum absolute atomic E-state index is 0.153. The van der Waals surface area contributed by atoms with Crippen molar-refractivity contribution in [2.24, 2.45) is 0 Å². The van der Waals surface area contributed by atoms with Gasteiger partial charge in [0.1, 0.15) is 5.02 Å². The summed E-state index contributed by atoms with van der Waals surface area (Å²) in [5.74, 6) is 0.483. The van der Waals surface area contributed by atoms with E-state index in [2.05, 4.69) is 31.2 Å². The summed E-state index contributed by atoms with van der Waals surface area (Å²) in [4.78, 5) is 7.81. The number of nitrogens with one attached hydrogen (secondary N) is 1. The molecule has 1 heterocycles. The maximum atomic E-state index is 5.97. The molecule has 0 saturated carbocycles. The molecule has 0 aliphatic rings. The van der Waals surface area contributed by atoms with Crippen molar-refractivity contribution in [1.82, 2.24) is 9.97 Å². The Morgan fingerprint density at radius 1 is 1.29 bits per heavy atom. The van der Waals surface area contributed by atoms with Crippen LogP contribution in [0.4, 0.5) is 11.5 Å². The Bertz CT molecular complexity index is 560. The van der Waals surface area contributed by atoms with Gasteiger partial charge in [-0.3, -0.25) is 0 Å². The van der Waals surface area contributed by atoms with E-state index in [-0.39, 0.29) is 5.28 Å². The Morgan fingerprint density at radius 2 is 2.06 bits per heavy atom. The highest BCUT2D eigenvalue weighted by molar-refractivity contribution is 9.10. The number of nitrogens with zero attached hydrogens (tertiary/aromatic N) is 2. The minimum atomic E-state index is 0.153. The van der Waals surface area contributed by atoms with Crippen molar-refractivity contribution < 1.29 is 0 Å². The lowest BCUT2D eigenvalue weighted by Crippen LogP contribution is -1.97.